The van der Waals surface area contributed by atoms with Crippen molar-refractivity contribution in [2.45, 2.75) is 51.6 Å². The Hall–Kier alpha value is -2.74. The lowest BCUT2D eigenvalue weighted by Crippen LogP contribution is -2.43. The Morgan fingerprint density at radius 1 is 0.933 bits per heavy atom. The lowest BCUT2D eigenvalue weighted by Gasteiger charge is -2.44. The minimum atomic E-state index is 0.137. The molecule has 1 fully saturated rings. The maximum Gasteiger partial charge on any atom is 0.120 e. The predicted molar refractivity (Wildman–Crippen MR) is 126 cm³/mol. The van der Waals surface area contributed by atoms with Gasteiger partial charge in [-0.3, -0.25) is 0 Å². The number of hydrogen-bond acceptors (Lipinski definition) is 1. The van der Waals surface area contributed by atoms with Crippen molar-refractivity contribution < 1.29 is 4.74 Å². The first-order valence-corrected chi connectivity index (χ1v) is 11.2. The smallest absolute Gasteiger partial charge is 0.120 e. The van der Waals surface area contributed by atoms with E-state index in [9.17, 15) is 0 Å². The van der Waals surface area contributed by atoms with E-state index in [1.165, 1.54) is 34.6 Å². The van der Waals surface area contributed by atoms with Crippen molar-refractivity contribution in [2.75, 3.05) is 0 Å². The van der Waals surface area contributed by atoms with E-state index in [0.29, 0.717) is 11.8 Å². The van der Waals surface area contributed by atoms with Gasteiger partial charge in [0.15, 0.2) is 0 Å². The maximum atomic E-state index is 6.70. The van der Waals surface area contributed by atoms with Gasteiger partial charge in [0.2, 0.25) is 0 Å². The first kappa shape index (κ1) is 19.2. The summed E-state index contributed by atoms with van der Waals surface area (Å²) in [5, 5.41) is 3.85. The number of aromatic amines is 1. The summed E-state index contributed by atoms with van der Waals surface area (Å²) in [5.41, 5.74) is 2.74. The topological polar surface area (TPSA) is 25.0 Å². The molecule has 0 aliphatic heterocycles. The molecule has 4 aromatic rings. The highest BCUT2D eigenvalue weighted by molar-refractivity contribution is 5.83. The first-order chi connectivity index (χ1) is 14.5. The van der Waals surface area contributed by atoms with Crippen molar-refractivity contribution in [3.05, 3.63) is 78.5 Å². The molecule has 1 saturated carbocycles. The van der Waals surface area contributed by atoms with Crippen LogP contribution in [0.5, 0.6) is 5.75 Å². The lowest BCUT2D eigenvalue weighted by atomic mass is 9.64. The summed E-state index contributed by atoms with van der Waals surface area (Å²) in [7, 11) is 0. The third-order valence-electron chi connectivity index (χ3n) is 7.27. The van der Waals surface area contributed by atoms with Gasteiger partial charge in [-0.2, -0.15) is 0 Å². The molecule has 3 unspecified atom stereocenters. The monoisotopic (exact) mass is 397 g/mol. The van der Waals surface area contributed by atoms with Crippen LogP contribution in [0.25, 0.3) is 21.7 Å². The van der Waals surface area contributed by atoms with Crippen LogP contribution in [0.1, 0.15) is 45.6 Å². The third kappa shape index (κ3) is 3.49. The Labute approximate surface area is 179 Å². The highest BCUT2D eigenvalue weighted by Gasteiger charge is 2.41. The van der Waals surface area contributed by atoms with E-state index in [0.717, 1.165) is 17.7 Å². The van der Waals surface area contributed by atoms with Crippen molar-refractivity contribution in [3.63, 3.8) is 0 Å². The van der Waals surface area contributed by atoms with Crippen LogP contribution in [0.2, 0.25) is 0 Å². The SMILES string of the molecule is CC(C)C1CCC(C)(c2ccc3ccccc3c2)CC1Oc1ccc2[nH]ccc2c1. The fourth-order valence-corrected chi connectivity index (χ4v) is 5.37. The number of nitrogens with one attached hydrogen (secondary N) is 1. The number of rotatable bonds is 4. The van der Waals surface area contributed by atoms with Gasteiger partial charge in [-0.1, -0.05) is 63.2 Å². The van der Waals surface area contributed by atoms with Gasteiger partial charge >= 0.3 is 0 Å². The number of aromatic nitrogens is 1. The molecular formula is C28H31NO. The Kier molecular flexibility index (Phi) is 4.81. The fourth-order valence-electron chi connectivity index (χ4n) is 5.37. The summed E-state index contributed by atoms with van der Waals surface area (Å²) >= 11 is 0. The molecule has 1 heterocycles. The summed E-state index contributed by atoms with van der Waals surface area (Å²) < 4.78 is 6.70. The molecule has 5 rings (SSSR count). The Morgan fingerprint density at radius 3 is 2.60 bits per heavy atom. The Bertz CT molecular complexity index is 1170. The van der Waals surface area contributed by atoms with E-state index in [4.69, 9.17) is 4.74 Å². The van der Waals surface area contributed by atoms with Crippen molar-refractivity contribution in [1.82, 2.24) is 4.98 Å². The summed E-state index contributed by atoms with van der Waals surface area (Å²) in [6, 6.07) is 24.2. The molecule has 1 aliphatic rings. The van der Waals surface area contributed by atoms with E-state index in [-0.39, 0.29) is 11.5 Å². The quantitative estimate of drug-likeness (QED) is 0.379. The van der Waals surface area contributed by atoms with Crippen molar-refractivity contribution >= 4 is 21.7 Å². The number of ether oxygens (including phenoxy) is 1. The van der Waals surface area contributed by atoms with Gasteiger partial charge in [-0.05, 0) is 77.1 Å². The van der Waals surface area contributed by atoms with Crippen LogP contribution in [0, 0.1) is 11.8 Å². The van der Waals surface area contributed by atoms with Gasteiger partial charge in [0.05, 0.1) is 0 Å². The van der Waals surface area contributed by atoms with Crippen LogP contribution in [0.3, 0.4) is 0 Å². The molecule has 2 nitrogen and oxygen atoms in total. The van der Waals surface area contributed by atoms with Gasteiger partial charge in [-0.25, -0.2) is 0 Å². The molecule has 0 amide bonds. The molecule has 0 spiro atoms. The molecular weight excluding hydrogens is 366 g/mol. The second kappa shape index (κ2) is 7.50. The fraction of sp³-hybridized carbons (Fsp3) is 0.357. The van der Waals surface area contributed by atoms with Gasteiger partial charge < -0.3 is 9.72 Å². The maximum absolute atomic E-state index is 6.70. The van der Waals surface area contributed by atoms with Gasteiger partial charge in [0.1, 0.15) is 11.9 Å². The van der Waals surface area contributed by atoms with Crippen molar-refractivity contribution in [2.24, 2.45) is 11.8 Å². The molecule has 0 radical (unpaired) electrons. The van der Waals surface area contributed by atoms with Gasteiger partial charge in [0, 0.05) is 17.1 Å². The minimum Gasteiger partial charge on any atom is -0.490 e. The third-order valence-corrected chi connectivity index (χ3v) is 7.27. The van der Waals surface area contributed by atoms with Crippen LogP contribution < -0.4 is 4.74 Å². The first-order valence-electron chi connectivity index (χ1n) is 11.2. The molecule has 154 valence electrons. The van der Waals surface area contributed by atoms with Crippen LogP contribution >= 0.6 is 0 Å². The Morgan fingerprint density at radius 2 is 1.77 bits per heavy atom. The standard InChI is InChI=1S/C28H31NO/c1-19(2)25-12-14-28(3,23-9-8-20-6-4-5-7-21(20)16-23)18-27(25)30-24-10-11-26-22(17-24)13-15-29-26/h4-11,13,15-17,19,25,27,29H,12,14,18H2,1-3H3. The van der Waals surface area contributed by atoms with Crippen LogP contribution in [0.15, 0.2) is 72.9 Å². The highest BCUT2D eigenvalue weighted by atomic mass is 16.5. The zero-order valence-corrected chi connectivity index (χ0v) is 18.2. The van der Waals surface area contributed by atoms with E-state index in [2.05, 4.69) is 92.5 Å². The van der Waals surface area contributed by atoms with Crippen molar-refractivity contribution in [3.8, 4) is 5.75 Å². The van der Waals surface area contributed by atoms with Crippen molar-refractivity contribution in [1.29, 1.82) is 0 Å². The number of benzene rings is 3. The lowest BCUT2D eigenvalue weighted by molar-refractivity contribution is 0.0339. The normalized spacial score (nSPS) is 24.5. The molecule has 3 atom stereocenters. The van der Waals surface area contributed by atoms with E-state index in [1.807, 2.05) is 6.20 Å². The molecule has 0 bridgehead atoms. The second-order valence-corrected chi connectivity index (χ2v) is 9.66. The summed E-state index contributed by atoms with van der Waals surface area (Å²) in [6.45, 7) is 7.11. The van der Waals surface area contributed by atoms with Crippen LogP contribution in [-0.4, -0.2) is 11.1 Å². The molecule has 3 aromatic carbocycles. The number of fused-ring (bicyclic) bond motifs is 2. The van der Waals surface area contributed by atoms with E-state index >= 15 is 0 Å². The predicted octanol–water partition coefficient (Wildman–Crippen LogP) is 7.48. The molecule has 2 heteroatoms. The summed E-state index contributed by atoms with van der Waals surface area (Å²) in [4.78, 5) is 3.27. The largest absolute Gasteiger partial charge is 0.490 e. The average molecular weight is 398 g/mol. The molecule has 1 aromatic heterocycles. The van der Waals surface area contributed by atoms with E-state index < -0.39 is 0 Å². The molecule has 1 aliphatic carbocycles. The highest BCUT2D eigenvalue weighted by Crippen LogP contribution is 2.45. The molecule has 0 saturated heterocycles. The van der Waals surface area contributed by atoms with Crippen LogP contribution in [0.4, 0.5) is 0 Å². The Balaban J connectivity index is 1.46. The zero-order chi connectivity index (χ0) is 20.7. The molecule has 1 N–H and O–H groups in total. The van der Waals surface area contributed by atoms with Gasteiger partial charge in [0.25, 0.3) is 0 Å². The number of H-pyrrole nitrogens is 1. The zero-order valence-electron chi connectivity index (χ0n) is 18.2. The van der Waals surface area contributed by atoms with E-state index in [1.54, 1.807) is 0 Å². The average Bonchev–Trinajstić information content (AvgIpc) is 3.21. The van der Waals surface area contributed by atoms with Gasteiger partial charge in [-0.15, -0.1) is 0 Å². The summed E-state index contributed by atoms with van der Waals surface area (Å²) in [5.74, 6) is 2.19. The number of hydrogen-bond donors (Lipinski definition) is 1. The minimum absolute atomic E-state index is 0.137. The summed E-state index contributed by atoms with van der Waals surface area (Å²) in [6.07, 6.45) is 5.69. The molecule has 30 heavy (non-hydrogen) atoms. The second-order valence-electron chi connectivity index (χ2n) is 9.66. The van der Waals surface area contributed by atoms with Crippen LogP contribution in [-0.2, 0) is 5.41 Å².